The van der Waals surface area contributed by atoms with Gasteiger partial charge in [0.25, 0.3) is 0 Å². The second-order valence-electron chi connectivity index (χ2n) is 4.35. The zero-order valence-electron chi connectivity index (χ0n) is 12.1. The SMILES string of the molecule is COc1c(-c2cc(C(=O)O)nn2C)cc(Br)c(C=O)c1OC. The van der Waals surface area contributed by atoms with Gasteiger partial charge in [0, 0.05) is 17.1 Å². The first kappa shape index (κ1) is 16.0. The van der Waals surface area contributed by atoms with Crippen molar-refractivity contribution in [2.24, 2.45) is 7.05 Å². The summed E-state index contributed by atoms with van der Waals surface area (Å²) in [6.07, 6.45) is 0.654. The first-order valence-corrected chi connectivity index (χ1v) is 6.91. The minimum Gasteiger partial charge on any atom is -0.492 e. The van der Waals surface area contributed by atoms with Gasteiger partial charge in [0.2, 0.25) is 0 Å². The van der Waals surface area contributed by atoms with Gasteiger partial charge in [-0.15, -0.1) is 0 Å². The maximum atomic E-state index is 11.2. The highest BCUT2D eigenvalue weighted by Crippen LogP contribution is 2.43. The fourth-order valence-electron chi connectivity index (χ4n) is 2.15. The van der Waals surface area contributed by atoms with Crippen LogP contribution in [0.3, 0.4) is 0 Å². The molecular weight excluding hydrogens is 356 g/mol. The molecule has 0 aliphatic heterocycles. The molecule has 0 spiro atoms. The van der Waals surface area contributed by atoms with Crippen molar-refractivity contribution in [1.82, 2.24) is 9.78 Å². The van der Waals surface area contributed by atoms with Crippen LogP contribution in [0.1, 0.15) is 20.8 Å². The topological polar surface area (TPSA) is 90.6 Å². The van der Waals surface area contributed by atoms with E-state index in [9.17, 15) is 9.59 Å². The van der Waals surface area contributed by atoms with Crippen LogP contribution in [0.25, 0.3) is 11.3 Å². The van der Waals surface area contributed by atoms with E-state index in [1.54, 1.807) is 13.1 Å². The smallest absolute Gasteiger partial charge is 0.356 e. The number of aryl methyl sites for hydroxylation is 1. The van der Waals surface area contributed by atoms with Gasteiger partial charge in [0.05, 0.1) is 25.5 Å². The molecule has 0 saturated heterocycles. The van der Waals surface area contributed by atoms with Gasteiger partial charge in [-0.25, -0.2) is 4.79 Å². The van der Waals surface area contributed by atoms with Crippen molar-refractivity contribution in [2.75, 3.05) is 14.2 Å². The first-order valence-electron chi connectivity index (χ1n) is 6.11. The van der Waals surface area contributed by atoms with E-state index in [1.165, 1.54) is 25.0 Å². The molecule has 0 unspecified atom stereocenters. The summed E-state index contributed by atoms with van der Waals surface area (Å²) >= 11 is 3.31. The van der Waals surface area contributed by atoms with Crippen LogP contribution in [-0.4, -0.2) is 41.4 Å². The zero-order chi connectivity index (χ0) is 16.4. The number of benzene rings is 1. The Bertz CT molecular complexity index is 754. The molecule has 0 atom stereocenters. The zero-order valence-corrected chi connectivity index (χ0v) is 13.7. The number of aldehydes is 1. The predicted molar refractivity (Wildman–Crippen MR) is 81.8 cm³/mol. The molecule has 7 nitrogen and oxygen atoms in total. The van der Waals surface area contributed by atoms with Crippen molar-refractivity contribution in [2.45, 2.75) is 0 Å². The molecule has 0 fully saturated rings. The molecule has 0 aliphatic carbocycles. The molecule has 1 aromatic carbocycles. The second kappa shape index (κ2) is 6.18. The van der Waals surface area contributed by atoms with E-state index in [2.05, 4.69) is 21.0 Å². The van der Waals surface area contributed by atoms with E-state index >= 15 is 0 Å². The van der Waals surface area contributed by atoms with E-state index in [4.69, 9.17) is 14.6 Å². The Kier molecular flexibility index (Phi) is 4.51. The third-order valence-corrected chi connectivity index (χ3v) is 3.78. The van der Waals surface area contributed by atoms with Gasteiger partial charge >= 0.3 is 5.97 Å². The minimum atomic E-state index is -1.13. The second-order valence-corrected chi connectivity index (χ2v) is 5.20. The van der Waals surface area contributed by atoms with Crippen molar-refractivity contribution in [3.8, 4) is 22.8 Å². The van der Waals surface area contributed by atoms with Gasteiger partial charge in [-0.1, -0.05) is 0 Å². The number of carboxylic acids is 1. The molecule has 0 bridgehead atoms. The fourth-order valence-corrected chi connectivity index (χ4v) is 2.65. The number of aromatic carboxylic acids is 1. The first-order chi connectivity index (χ1) is 10.4. The summed E-state index contributed by atoms with van der Waals surface area (Å²) in [6.45, 7) is 0. The highest BCUT2D eigenvalue weighted by molar-refractivity contribution is 9.10. The monoisotopic (exact) mass is 368 g/mol. The number of carbonyl (C=O) groups is 2. The molecule has 8 heteroatoms. The molecule has 0 radical (unpaired) electrons. The van der Waals surface area contributed by atoms with Crippen LogP contribution in [-0.2, 0) is 7.05 Å². The third-order valence-electron chi connectivity index (χ3n) is 3.12. The molecule has 1 N–H and O–H groups in total. The summed E-state index contributed by atoms with van der Waals surface area (Å²) in [4.78, 5) is 22.3. The molecule has 1 aromatic heterocycles. The van der Waals surface area contributed by atoms with Gasteiger partial charge in [0.15, 0.2) is 23.5 Å². The summed E-state index contributed by atoms with van der Waals surface area (Å²) in [5.41, 5.74) is 1.29. The largest absolute Gasteiger partial charge is 0.492 e. The summed E-state index contributed by atoms with van der Waals surface area (Å²) in [5, 5.41) is 13.0. The number of carboxylic acid groups (broad SMARTS) is 1. The number of halogens is 1. The van der Waals surface area contributed by atoms with Crippen molar-refractivity contribution >= 4 is 28.2 Å². The fraction of sp³-hybridized carbons (Fsp3) is 0.214. The van der Waals surface area contributed by atoms with Crippen LogP contribution >= 0.6 is 15.9 Å². The van der Waals surface area contributed by atoms with Crippen LogP contribution in [0.4, 0.5) is 0 Å². The summed E-state index contributed by atoms with van der Waals surface area (Å²) in [5.74, 6) is -0.538. The molecule has 0 aliphatic rings. The van der Waals surface area contributed by atoms with Gasteiger partial charge in [-0.05, 0) is 28.1 Å². The average Bonchev–Trinajstić information content (AvgIpc) is 2.88. The minimum absolute atomic E-state index is 0.0888. The maximum absolute atomic E-state index is 11.2. The Morgan fingerprint density at radius 1 is 1.32 bits per heavy atom. The summed E-state index contributed by atoms with van der Waals surface area (Å²) in [7, 11) is 4.49. The molecule has 2 aromatic rings. The van der Waals surface area contributed by atoms with Crippen molar-refractivity contribution in [3.63, 3.8) is 0 Å². The number of nitrogens with zero attached hydrogens (tertiary/aromatic N) is 2. The Labute approximate surface area is 134 Å². The lowest BCUT2D eigenvalue weighted by Gasteiger charge is -2.16. The van der Waals surface area contributed by atoms with Gasteiger partial charge in [-0.2, -0.15) is 5.10 Å². The predicted octanol–water partition coefficient (Wildman–Crippen LogP) is 2.38. The van der Waals surface area contributed by atoms with E-state index in [0.717, 1.165) is 0 Å². The van der Waals surface area contributed by atoms with Gasteiger partial charge in [0.1, 0.15) is 0 Å². The number of carbonyl (C=O) groups excluding carboxylic acids is 1. The summed E-state index contributed by atoms with van der Waals surface area (Å²) < 4.78 is 12.5. The highest BCUT2D eigenvalue weighted by Gasteiger charge is 2.22. The van der Waals surface area contributed by atoms with Crippen LogP contribution in [0.2, 0.25) is 0 Å². The van der Waals surface area contributed by atoms with Crippen LogP contribution < -0.4 is 9.47 Å². The molecule has 1 heterocycles. The Morgan fingerprint density at radius 2 is 1.95 bits per heavy atom. The van der Waals surface area contributed by atoms with Crippen LogP contribution in [0.5, 0.6) is 11.5 Å². The van der Waals surface area contributed by atoms with Crippen LogP contribution in [0.15, 0.2) is 16.6 Å². The van der Waals surface area contributed by atoms with E-state index in [-0.39, 0.29) is 11.4 Å². The Morgan fingerprint density at radius 3 is 2.41 bits per heavy atom. The number of aromatic nitrogens is 2. The third kappa shape index (κ3) is 2.57. The van der Waals surface area contributed by atoms with E-state index < -0.39 is 5.97 Å². The number of methoxy groups -OCH3 is 2. The molecule has 22 heavy (non-hydrogen) atoms. The standard InChI is InChI=1S/C14H13BrN2O5/c1-17-11(5-10(16-17)14(19)20)7-4-9(15)8(6-18)13(22-3)12(7)21-2/h4-6H,1-3H3,(H,19,20). The summed E-state index contributed by atoms with van der Waals surface area (Å²) in [6, 6.07) is 3.08. The molecular formula is C14H13BrN2O5. The number of hydrogen-bond acceptors (Lipinski definition) is 5. The molecule has 0 saturated carbocycles. The molecule has 116 valence electrons. The van der Waals surface area contributed by atoms with Crippen molar-refractivity contribution in [3.05, 3.63) is 27.9 Å². The van der Waals surface area contributed by atoms with Gasteiger partial charge < -0.3 is 14.6 Å². The lowest BCUT2D eigenvalue weighted by molar-refractivity contribution is 0.0689. The number of hydrogen-bond donors (Lipinski definition) is 1. The van der Waals surface area contributed by atoms with Crippen molar-refractivity contribution in [1.29, 1.82) is 0 Å². The Hall–Kier alpha value is -2.35. The molecule has 2 rings (SSSR count). The van der Waals surface area contributed by atoms with Gasteiger partial charge in [-0.3, -0.25) is 9.48 Å². The lowest BCUT2D eigenvalue weighted by atomic mass is 10.1. The maximum Gasteiger partial charge on any atom is 0.356 e. The quantitative estimate of drug-likeness (QED) is 0.814. The average molecular weight is 369 g/mol. The number of rotatable bonds is 5. The lowest BCUT2D eigenvalue weighted by Crippen LogP contribution is -2.02. The van der Waals surface area contributed by atoms with Crippen molar-refractivity contribution < 1.29 is 24.2 Å². The number of ether oxygens (including phenoxy) is 2. The normalized spacial score (nSPS) is 10.4. The molecule has 0 amide bonds. The van der Waals surface area contributed by atoms with E-state index in [1.807, 2.05) is 0 Å². The van der Waals surface area contributed by atoms with E-state index in [0.29, 0.717) is 33.3 Å². The highest BCUT2D eigenvalue weighted by atomic mass is 79.9. The van der Waals surface area contributed by atoms with Crippen LogP contribution in [0, 0.1) is 0 Å². The Balaban J connectivity index is 2.78.